The Hall–Kier alpha value is -1.94. The van der Waals surface area contributed by atoms with Gasteiger partial charge in [0.2, 0.25) is 5.95 Å². The number of aromatic nitrogens is 2. The molecule has 1 saturated heterocycles. The van der Waals surface area contributed by atoms with Gasteiger partial charge >= 0.3 is 0 Å². The number of nitrogens with zero attached hydrogens (tertiary/aromatic N) is 3. The summed E-state index contributed by atoms with van der Waals surface area (Å²) in [7, 11) is 0. The Morgan fingerprint density at radius 1 is 1.10 bits per heavy atom. The van der Waals surface area contributed by atoms with Gasteiger partial charge in [0, 0.05) is 31.4 Å². The highest BCUT2D eigenvalue weighted by molar-refractivity contribution is 5.65. The summed E-state index contributed by atoms with van der Waals surface area (Å²) in [5, 5.41) is 3.40. The smallest absolute Gasteiger partial charge is 0.225 e. The Labute approximate surface area is 119 Å². The average Bonchev–Trinajstić information content (AvgIpc) is 2.77. The molecule has 104 valence electrons. The van der Waals surface area contributed by atoms with Crippen LogP contribution in [0.4, 0.5) is 5.95 Å². The van der Waals surface area contributed by atoms with Crippen LogP contribution in [-0.4, -0.2) is 36.1 Å². The summed E-state index contributed by atoms with van der Waals surface area (Å²) in [6.45, 7) is 6.14. The molecule has 1 aliphatic rings. The van der Waals surface area contributed by atoms with Crippen LogP contribution >= 0.6 is 0 Å². The van der Waals surface area contributed by atoms with Crippen molar-refractivity contribution in [2.75, 3.05) is 31.1 Å². The molecule has 0 amide bonds. The Balaban J connectivity index is 1.87. The minimum Gasteiger partial charge on any atom is -0.339 e. The molecule has 0 spiro atoms. The first-order valence-electron chi connectivity index (χ1n) is 7.19. The molecule has 0 atom stereocenters. The summed E-state index contributed by atoms with van der Waals surface area (Å²) >= 11 is 0. The molecular formula is C16H20N4. The van der Waals surface area contributed by atoms with E-state index in [4.69, 9.17) is 4.98 Å². The summed E-state index contributed by atoms with van der Waals surface area (Å²) in [6.07, 6.45) is 3.09. The van der Waals surface area contributed by atoms with Crippen molar-refractivity contribution >= 4 is 5.95 Å². The van der Waals surface area contributed by atoms with Gasteiger partial charge in [-0.2, -0.15) is 0 Å². The first-order chi connectivity index (χ1) is 9.84. The maximum atomic E-state index is 4.70. The Morgan fingerprint density at radius 2 is 1.95 bits per heavy atom. The van der Waals surface area contributed by atoms with E-state index < -0.39 is 0 Å². The number of rotatable bonds is 2. The van der Waals surface area contributed by atoms with Gasteiger partial charge in [-0.3, -0.25) is 0 Å². The van der Waals surface area contributed by atoms with Gasteiger partial charge in [0.05, 0.1) is 5.69 Å². The summed E-state index contributed by atoms with van der Waals surface area (Å²) in [6, 6.07) is 10.3. The van der Waals surface area contributed by atoms with Crippen molar-refractivity contribution in [2.24, 2.45) is 0 Å². The lowest BCUT2D eigenvalue weighted by molar-refractivity contribution is 0.724. The lowest BCUT2D eigenvalue weighted by Crippen LogP contribution is -2.29. The zero-order valence-electron chi connectivity index (χ0n) is 11.8. The maximum Gasteiger partial charge on any atom is 0.225 e. The van der Waals surface area contributed by atoms with Crippen LogP contribution in [0.15, 0.2) is 36.5 Å². The molecule has 4 heteroatoms. The largest absolute Gasteiger partial charge is 0.339 e. The molecule has 0 radical (unpaired) electrons. The van der Waals surface area contributed by atoms with Gasteiger partial charge in [-0.1, -0.05) is 30.3 Å². The minimum atomic E-state index is 0.853. The predicted molar refractivity (Wildman–Crippen MR) is 81.9 cm³/mol. The van der Waals surface area contributed by atoms with Gasteiger partial charge in [-0.15, -0.1) is 0 Å². The summed E-state index contributed by atoms with van der Waals surface area (Å²) in [5.74, 6) is 0.853. The van der Waals surface area contributed by atoms with Crippen LogP contribution in [0.5, 0.6) is 0 Å². The highest BCUT2D eigenvalue weighted by Gasteiger charge is 2.13. The van der Waals surface area contributed by atoms with Crippen LogP contribution in [-0.2, 0) is 0 Å². The Morgan fingerprint density at radius 3 is 2.75 bits per heavy atom. The molecule has 0 bridgehead atoms. The highest BCUT2D eigenvalue weighted by atomic mass is 15.3. The van der Waals surface area contributed by atoms with E-state index in [1.165, 1.54) is 5.56 Å². The van der Waals surface area contributed by atoms with Crippen molar-refractivity contribution in [1.82, 2.24) is 15.3 Å². The van der Waals surface area contributed by atoms with Crippen LogP contribution < -0.4 is 10.2 Å². The number of benzene rings is 1. The van der Waals surface area contributed by atoms with Crippen LogP contribution in [0.25, 0.3) is 11.1 Å². The fourth-order valence-electron chi connectivity index (χ4n) is 2.55. The van der Waals surface area contributed by atoms with Crippen LogP contribution in [0.2, 0.25) is 0 Å². The van der Waals surface area contributed by atoms with Gasteiger partial charge in [0.1, 0.15) is 0 Å². The lowest BCUT2D eigenvalue weighted by atomic mass is 10.1. The summed E-state index contributed by atoms with van der Waals surface area (Å²) < 4.78 is 0. The van der Waals surface area contributed by atoms with E-state index in [1.807, 2.05) is 24.4 Å². The van der Waals surface area contributed by atoms with E-state index in [0.29, 0.717) is 0 Å². The monoisotopic (exact) mass is 268 g/mol. The molecule has 3 rings (SSSR count). The summed E-state index contributed by atoms with van der Waals surface area (Å²) in [5.41, 5.74) is 3.33. The fraction of sp³-hybridized carbons (Fsp3) is 0.375. The molecule has 20 heavy (non-hydrogen) atoms. The van der Waals surface area contributed by atoms with Crippen molar-refractivity contribution in [3.05, 3.63) is 42.2 Å². The third-order valence-electron chi connectivity index (χ3n) is 3.67. The molecular weight excluding hydrogens is 248 g/mol. The topological polar surface area (TPSA) is 41.1 Å². The van der Waals surface area contributed by atoms with Crippen LogP contribution in [0.3, 0.4) is 0 Å². The lowest BCUT2D eigenvalue weighted by Gasteiger charge is -2.20. The number of hydrogen-bond donors (Lipinski definition) is 1. The molecule has 0 aliphatic carbocycles. The van der Waals surface area contributed by atoms with Crippen LogP contribution in [0, 0.1) is 6.92 Å². The van der Waals surface area contributed by atoms with Gasteiger partial charge in [0.25, 0.3) is 0 Å². The highest BCUT2D eigenvalue weighted by Crippen LogP contribution is 2.22. The van der Waals surface area contributed by atoms with Crippen molar-refractivity contribution < 1.29 is 0 Å². The molecule has 1 aromatic heterocycles. The second-order valence-electron chi connectivity index (χ2n) is 5.13. The van der Waals surface area contributed by atoms with Crippen molar-refractivity contribution in [1.29, 1.82) is 0 Å². The van der Waals surface area contributed by atoms with E-state index in [0.717, 1.165) is 49.8 Å². The fourth-order valence-corrected chi connectivity index (χ4v) is 2.55. The first-order valence-corrected chi connectivity index (χ1v) is 7.19. The normalized spacial score (nSPS) is 15.9. The summed E-state index contributed by atoms with van der Waals surface area (Å²) in [4.78, 5) is 11.5. The molecule has 2 aromatic rings. The molecule has 1 N–H and O–H groups in total. The van der Waals surface area contributed by atoms with Crippen molar-refractivity contribution in [2.45, 2.75) is 13.3 Å². The van der Waals surface area contributed by atoms with E-state index >= 15 is 0 Å². The molecule has 0 saturated carbocycles. The molecule has 0 unspecified atom stereocenters. The first kappa shape index (κ1) is 13.1. The Kier molecular flexibility index (Phi) is 3.92. The van der Waals surface area contributed by atoms with E-state index in [2.05, 4.69) is 34.3 Å². The quantitative estimate of drug-likeness (QED) is 0.907. The SMILES string of the molecule is Cc1nc(N2CCCNCC2)ncc1-c1ccccc1. The van der Waals surface area contributed by atoms with Gasteiger partial charge < -0.3 is 10.2 Å². The minimum absolute atomic E-state index is 0.853. The average molecular weight is 268 g/mol. The van der Waals surface area contributed by atoms with E-state index in [-0.39, 0.29) is 0 Å². The molecule has 2 heterocycles. The van der Waals surface area contributed by atoms with E-state index in [1.54, 1.807) is 0 Å². The number of anilines is 1. The third kappa shape index (κ3) is 2.80. The zero-order chi connectivity index (χ0) is 13.8. The van der Waals surface area contributed by atoms with Gasteiger partial charge in [-0.25, -0.2) is 9.97 Å². The molecule has 1 aromatic carbocycles. The number of aryl methyl sites for hydroxylation is 1. The van der Waals surface area contributed by atoms with Gasteiger partial charge in [0.15, 0.2) is 0 Å². The number of nitrogens with one attached hydrogen (secondary N) is 1. The molecule has 1 fully saturated rings. The van der Waals surface area contributed by atoms with Crippen LogP contribution in [0.1, 0.15) is 12.1 Å². The number of hydrogen-bond acceptors (Lipinski definition) is 4. The molecule has 4 nitrogen and oxygen atoms in total. The second-order valence-corrected chi connectivity index (χ2v) is 5.13. The second kappa shape index (κ2) is 6.01. The van der Waals surface area contributed by atoms with E-state index in [9.17, 15) is 0 Å². The van der Waals surface area contributed by atoms with Crippen molar-refractivity contribution in [3.63, 3.8) is 0 Å². The third-order valence-corrected chi connectivity index (χ3v) is 3.67. The zero-order valence-corrected chi connectivity index (χ0v) is 11.8. The maximum absolute atomic E-state index is 4.70. The van der Waals surface area contributed by atoms with Crippen molar-refractivity contribution in [3.8, 4) is 11.1 Å². The van der Waals surface area contributed by atoms with Gasteiger partial charge in [-0.05, 0) is 25.5 Å². The molecule has 1 aliphatic heterocycles. The predicted octanol–water partition coefficient (Wildman–Crippen LogP) is 2.25. The standard InChI is InChI=1S/C16H20N4/c1-13-15(14-6-3-2-4-7-14)12-18-16(19-13)20-10-5-8-17-9-11-20/h2-4,6-7,12,17H,5,8-11H2,1H3. The Bertz CT molecular complexity index is 560.